The maximum absolute atomic E-state index is 12.7. The van der Waals surface area contributed by atoms with Gasteiger partial charge in [-0.3, -0.25) is 0 Å². The van der Waals surface area contributed by atoms with Crippen LogP contribution in [-0.2, 0) is 6.18 Å². The molecule has 2 rings (SSSR count). The van der Waals surface area contributed by atoms with Gasteiger partial charge in [0.25, 0.3) is 0 Å². The van der Waals surface area contributed by atoms with Crippen LogP contribution in [0.1, 0.15) is 11.1 Å². The molecule has 0 bridgehead atoms. The third-order valence-corrected chi connectivity index (χ3v) is 2.64. The Kier molecular flexibility index (Phi) is 3.26. The molecule has 2 aromatic rings. The minimum Gasteiger partial charge on any atom is -0.236 e. The lowest BCUT2D eigenvalue weighted by Crippen LogP contribution is -2.06. The summed E-state index contributed by atoms with van der Waals surface area (Å²) in [5, 5.41) is -0.335. The van der Waals surface area contributed by atoms with Gasteiger partial charge in [0.15, 0.2) is 5.82 Å². The van der Waals surface area contributed by atoms with Gasteiger partial charge in [-0.1, -0.05) is 11.6 Å². The zero-order chi connectivity index (χ0) is 13.3. The Balaban J connectivity index is 2.50. The molecule has 0 aliphatic carbocycles. The van der Waals surface area contributed by atoms with Gasteiger partial charge in [0.2, 0.25) is 0 Å². The molecule has 0 saturated carbocycles. The third kappa shape index (κ3) is 2.61. The molecule has 0 fully saturated rings. The molecule has 18 heavy (non-hydrogen) atoms. The fourth-order valence-corrected chi connectivity index (χ4v) is 1.65. The molecular formula is C12H8ClF3N2. The van der Waals surface area contributed by atoms with Gasteiger partial charge in [-0.15, -0.1) is 0 Å². The Morgan fingerprint density at radius 2 is 1.72 bits per heavy atom. The lowest BCUT2D eigenvalue weighted by molar-refractivity contribution is -0.137. The van der Waals surface area contributed by atoms with Gasteiger partial charge in [0.05, 0.1) is 10.6 Å². The van der Waals surface area contributed by atoms with Crippen LogP contribution in [0.3, 0.4) is 0 Å². The van der Waals surface area contributed by atoms with E-state index in [1.54, 1.807) is 19.3 Å². The number of benzene rings is 1. The Hall–Kier alpha value is -1.62. The van der Waals surface area contributed by atoms with Crippen LogP contribution >= 0.6 is 11.6 Å². The first-order valence-corrected chi connectivity index (χ1v) is 5.41. The molecule has 0 aliphatic heterocycles. The number of rotatable bonds is 1. The number of halogens is 4. The van der Waals surface area contributed by atoms with Crippen molar-refractivity contribution in [1.82, 2.24) is 9.97 Å². The quantitative estimate of drug-likeness (QED) is 0.780. The average Bonchev–Trinajstić information content (AvgIpc) is 2.29. The molecule has 0 saturated heterocycles. The molecule has 0 unspecified atom stereocenters. The zero-order valence-electron chi connectivity index (χ0n) is 9.29. The van der Waals surface area contributed by atoms with Gasteiger partial charge in [0, 0.05) is 18.0 Å². The number of alkyl halides is 3. The molecule has 1 aromatic carbocycles. The van der Waals surface area contributed by atoms with E-state index in [1.165, 1.54) is 12.1 Å². The monoisotopic (exact) mass is 272 g/mol. The molecule has 0 aliphatic rings. The van der Waals surface area contributed by atoms with Gasteiger partial charge >= 0.3 is 6.18 Å². The summed E-state index contributed by atoms with van der Waals surface area (Å²) in [4.78, 5) is 7.96. The maximum Gasteiger partial charge on any atom is 0.417 e. The Morgan fingerprint density at radius 1 is 1.11 bits per heavy atom. The van der Waals surface area contributed by atoms with Crippen molar-refractivity contribution in [1.29, 1.82) is 0 Å². The molecule has 6 heteroatoms. The fraction of sp³-hybridized carbons (Fsp3) is 0.167. The summed E-state index contributed by atoms with van der Waals surface area (Å²) in [6.45, 7) is 1.80. The molecule has 0 atom stereocenters. The summed E-state index contributed by atoms with van der Waals surface area (Å²) in [5.74, 6) is 0.239. The molecular weight excluding hydrogens is 265 g/mol. The predicted octanol–water partition coefficient (Wildman–Crippen LogP) is 4.12. The number of hydrogen-bond donors (Lipinski definition) is 0. The summed E-state index contributed by atoms with van der Waals surface area (Å²) >= 11 is 5.53. The third-order valence-electron chi connectivity index (χ3n) is 2.31. The summed E-state index contributed by atoms with van der Waals surface area (Å²) in [5.41, 5.74) is 0.237. The van der Waals surface area contributed by atoms with Crippen molar-refractivity contribution >= 4 is 11.6 Å². The van der Waals surface area contributed by atoms with Crippen molar-refractivity contribution in [3.05, 3.63) is 46.7 Å². The van der Waals surface area contributed by atoms with E-state index in [4.69, 9.17) is 11.6 Å². The highest BCUT2D eigenvalue weighted by atomic mass is 35.5. The van der Waals surface area contributed by atoms with Crippen LogP contribution in [0.5, 0.6) is 0 Å². The molecule has 94 valence electrons. The normalized spacial score (nSPS) is 11.6. The van der Waals surface area contributed by atoms with E-state index in [0.29, 0.717) is 0 Å². The minimum absolute atomic E-state index is 0.239. The van der Waals surface area contributed by atoms with Crippen LogP contribution in [0.4, 0.5) is 13.2 Å². The van der Waals surface area contributed by atoms with Crippen LogP contribution in [0.2, 0.25) is 5.02 Å². The molecule has 0 spiro atoms. The van der Waals surface area contributed by atoms with Crippen molar-refractivity contribution in [2.24, 2.45) is 0 Å². The molecule has 0 amide bonds. The Morgan fingerprint density at radius 3 is 2.28 bits per heavy atom. The van der Waals surface area contributed by atoms with E-state index < -0.39 is 11.7 Å². The second kappa shape index (κ2) is 4.57. The van der Waals surface area contributed by atoms with Gasteiger partial charge in [-0.25, -0.2) is 9.97 Å². The smallest absolute Gasteiger partial charge is 0.236 e. The largest absolute Gasteiger partial charge is 0.417 e. The highest BCUT2D eigenvalue weighted by Crippen LogP contribution is 2.36. The van der Waals surface area contributed by atoms with Gasteiger partial charge in [-0.2, -0.15) is 13.2 Å². The molecule has 0 N–H and O–H groups in total. The summed E-state index contributed by atoms with van der Waals surface area (Å²) in [6, 6.07) is 3.61. The van der Waals surface area contributed by atoms with Gasteiger partial charge in [-0.05, 0) is 30.7 Å². The number of aryl methyl sites for hydroxylation is 1. The standard InChI is InChI=1S/C12H8ClF3N2/c1-7-5-17-11(18-6-7)8-2-3-10(13)9(4-8)12(14,15)16/h2-6H,1H3. The fourth-order valence-electron chi connectivity index (χ4n) is 1.42. The second-order valence-corrected chi connectivity index (χ2v) is 4.18. The van der Waals surface area contributed by atoms with Crippen LogP contribution in [0.25, 0.3) is 11.4 Å². The van der Waals surface area contributed by atoms with Gasteiger partial charge < -0.3 is 0 Å². The first kappa shape index (κ1) is 12.8. The number of hydrogen-bond acceptors (Lipinski definition) is 2. The summed E-state index contributed by atoms with van der Waals surface area (Å²) in [7, 11) is 0. The lowest BCUT2D eigenvalue weighted by atomic mass is 10.1. The SMILES string of the molecule is Cc1cnc(-c2ccc(Cl)c(C(F)(F)F)c2)nc1. The van der Waals surface area contributed by atoms with E-state index in [0.717, 1.165) is 11.6 Å². The first-order valence-electron chi connectivity index (χ1n) is 5.03. The van der Waals surface area contributed by atoms with Crippen molar-refractivity contribution in [2.45, 2.75) is 13.1 Å². The Bertz CT molecular complexity index is 565. The minimum atomic E-state index is -4.49. The average molecular weight is 273 g/mol. The van der Waals surface area contributed by atoms with E-state index in [9.17, 15) is 13.2 Å². The molecule has 2 nitrogen and oxygen atoms in total. The molecule has 0 radical (unpaired) electrons. The highest BCUT2D eigenvalue weighted by Gasteiger charge is 2.33. The molecule has 1 heterocycles. The van der Waals surface area contributed by atoms with E-state index in [2.05, 4.69) is 9.97 Å². The number of aromatic nitrogens is 2. The van der Waals surface area contributed by atoms with E-state index in [-0.39, 0.29) is 16.4 Å². The van der Waals surface area contributed by atoms with Gasteiger partial charge in [0.1, 0.15) is 0 Å². The van der Waals surface area contributed by atoms with Crippen LogP contribution in [-0.4, -0.2) is 9.97 Å². The second-order valence-electron chi connectivity index (χ2n) is 3.78. The van der Waals surface area contributed by atoms with Crippen LogP contribution in [0, 0.1) is 6.92 Å². The predicted molar refractivity (Wildman–Crippen MR) is 62.2 cm³/mol. The van der Waals surface area contributed by atoms with Crippen molar-refractivity contribution in [3.63, 3.8) is 0 Å². The highest BCUT2D eigenvalue weighted by molar-refractivity contribution is 6.31. The first-order chi connectivity index (χ1) is 8.38. The zero-order valence-corrected chi connectivity index (χ0v) is 10.0. The molecule has 1 aromatic heterocycles. The Labute approximate surface area is 106 Å². The van der Waals surface area contributed by atoms with Crippen molar-refractivity contribution in [3.8, 4) is 11.4 Å². The van der Waals surface area contributed by atoms with Crippen molar-refractivity contribution in [2.75, 3.05) is 0 Å². The summed E-state index contributed by atoms with van der Waals surface area (Å²) < 4.78 is 38.0. The summed E-state index contributed by atoms with van der Waals surface area (Å²) in [6.07, 6.45) is -1.40. The van der Waals surface area contributed by atoms with Crippen molar-refractivity contribution < 1.29 is 13.2 Å². The lowest BCUT2D eigenvalue weighted by Gasteiger charge is -2.10. The number of nitrogens with zero attached hydrogens (tertiary/aromatic N) is 2. The van der Waals surface area contributed by atoms with Crippen LogP contribution < -0.4 is 0 Å². The van der Waals surface area contributed by atoms with E-state index in [1.807, 2.05) is 0 Å². The maximum atomic E-state index is 12.7. The van der Waals surface area contributed by atoms with E-state index >= 15 is 0 Å². The topological polar surface area (TPSA) is 25.8 Å². The van der Waals surface area contributed by atoms with Crippen LogP contribution in [0.15, 0.2) is 30.6 Å².